The van der Waals surface area contributed by atoms with Gasteiger partial charge in [0, 0.05) is 16.1 Å². The van der Waals surface area contributed by atoms with Gasteiger partial charge in [-0.25, -0.2) is 4.98 Å². The first-order chi connectivity index (χ1) is 12.9. The van der Waals surface area contributed by atoms with Gasteiger partial charge in [0.15, 0.2) is 5.16 Å². The van der Waals surface area contributed by atoms with E-state index in [0.717, 1.165) is 32.0 Å². The summed E-state index contributed by atoms with van der Waals surface area (Å²) in [5, 5.41) is 12.3. The minimum absolute atomic E-state index is 0.623. The Kier molecular flexibility index (Phi) is 4.44. The SMILES string of the molecule is CC(C)(Sc1nc2ccncc2n1-c1ccc(Br)c2ccccc12)C(=O)O. The summed E-state index contributed by atoms with van der Waals surface area (Å²) in [5.74, 6) is -0.884. The molecule has 0 saturated carbocycles. The first-order valence-corrected chi connectivity index (χ1v) is 9.92. The van der Waals surface area contributed by atoms with Gasteiger partial charge in [-0.05, 0) is 37.4 Å². The van der Waals surface area contributed by atoms with Crippen LogP contribution in [-0.4, -0.2) is 30.4 Å². The number of carboxylic acids is 1. The Hall–Kier alpha value is -2.38. The highest BCUT2D eigenvalue weighted by Crippen LogP contribution is 2.38. The van der Waals surface area contributed by atoms with Gasteiger partial charge in [-0.15, -0.1) is 0 Å². The Bertz CT molecular complexity index is 1190. The second-order valence-corrected chi connectivity index (χ2v) is 9.07. The van der Waals surface area contributed by atoms with Crippen molar-refractivity contribution in [2.45, 2.75) is 23.8 Å². The number of rotatable bonds is 4. The number of carboxylic acid groups (broad SMARTS) is 1. The zero-order valence-electron chi connectivity index (χ0n) is 14.7. The van der Waals surface area contributed by atoms with Gasteiger partial charge in [0.1, 0.15) is 4.75 Å². The van der Waals surface area contributed by atoms with Crippen molar-refractivity contribution >= 4 is 55.5 Å². The van der Waals surface area contributed by atoms with Crippen molar-refractivity contribution in [3.05, 3.63) is 59.3 Å². The lowest BCUT2D eigenvalue weighted by atomic mass is 10.1. The number of fused-ring (bicyclic) bond motifs is 2. The number of nitrogens with zero attached hydrogens (tertiary/aromatic N) is 3. The maximum atomic E-state index is 11.7. The molecule has 0 aliphatic rings. The van der Waals surface area contributed by atoms with Crippen molar-refractivity contribution in [2.75, 3.05) is 0 Å². The topological polar surface area (TPSA) is 68.0 Å². The third kappa shape index (κ3) is 3.11. The van der Waals surface area contributed by atoms with Crippen molar-refractivity contribution in [1.29, 1.82) is 0 Å². The molecule has 0 fully saturated rings. The lowest BCUT2D eigenvalue weighted by Crippen LogP contribution is -2.27. The average molecular weight is 442 g/mol. The zero-order valence-corrected chi connectivity index (χ0v) is 17.1. The molecule has 7 heteroatoms. The number of carbonyl (C=O) groups is 1. The van der Waals surface area contributed by atoms with Crippen LogP contribution in [0.15, 0.2) is 64.5 Å². The molecule has 2 heterocycles. The van der Waals surface area contributed by atoms with Crippen molar-refractivity contribution in [2.24, 2.45) is 0 Å². The second-order valence-electron chi connectivity index (χ2n) is 6.62. The summed E-state index contributed by atoms with van der Waals surface area (Å²) in [6.45, 7) is 3.36. The van der Waals surface area contributed by atoms with Crippen LogP contribution in [0.2, 0.25) is 0 Å². The Morgan fingerprint density at radius 3 is 2.63 bits per heavy atom. The molecule has 5 nitrogen and oxygen atoms in total. The lowest BCUT2D eigenvalue weighted by molar-refractivity contribution is -0.138. The number of hydrogen-bond donors (Lipinski definition) is 1. The van der Waals surface area contributed by atoms with Crippen molar-refractivity contribution < 1.29 is 9.90 Å². The third-order valence-electron chi connectivity index (χ3n) is 4.38. The minimum Gasteiger partial charge on any atom is -0.480 e. The van der Waals surface area contributed by atoms with Crippen LogP contribution in [0, 0.1) is 0 Å². The normalized spacial score (nSPS) is 12.0. The molecule has 0 radical (unpaired) electrons. The molecule has 4 aromatic rings. The standard InChI is InChI=1S/C20H16BrN3O2S/c1-20(2,18(25)26)27-19-23-15-9-10-22-11-17(15)24(19)16-8-7-14(21)12-5-3-4-6-13(12)16/h3-11H,1-2H3,(H,25,26). The molecule has 0 aliphatic carbocycles. The molecule has 0 atom stereocenters. The van der Waals surface area contributed by atoms with Crippen LogP contribution in [0.5, 0.6) is 0 Å². The number of pyridine rings is 1. The van der Waals surface area contributed by atoms with Crippen LogP contribution in [0.25, 0.3) is 27.5 Å². The fraction of sp³-hybridized carbons (Fsp3) is 0.150. The van der Waals surface area contributed by atoms with Gasteiger partial charge in [-0.1, -0.05) is 52.0 Å². The highest BCUT2D eigenvalue weighted by molar-refractivity contribution is 9.10. The summed E-state index contributed by atoms with van der Waals surface area (Å²) in [6.07, 6.45) is 3.45. The molecule has 27 heavy (non-hydrogen) atoms. The van der Waals surface area contributed by atoms with Crippen molar-refractivity contribution in [1.82, 2.24) is 14.5 Å². The van der Waals surface area contributed by atoms with Gasteiger partial charge in [0.05, 0.1) is 22.9 Å². The van der Waals surface area contributed by atoms with Crippen LogP contribution in [-0.2, 0) is 4.79 Å². The number of aromatic nitrogens is 3. The largest absolute Gasteiger partial charge is 0.480 e. The van der Waals surface area contributed by atoms with E-state index in [-0.39, 0.29) is 0 Å². The van der Waals surface area contributed by atoms with E-state index in [2.05, 4.69) is 27.0 Å². The Morgan fingerprint density at radius 1 is 1.15 bits per heavy atom. The van der Waals surface area contributed by atoms with Gasteiger partial charge in [0.25, 0.3) is 0 Å². The van der Waals surface area contributed by atoms with Gasteiger partial charge in [-0.2, -0.15) is 0 Å². The molecule has 0 unspecified atom stereocenters. The molecule has 1 N–H and O–H groups in total. The minimum atomic E-state index is -1.02. The zero-order chi connectivity index (χ0) is 19.2. The average Bonchev–Trinajstić information content (AvgIpc) is 2.99. The quantitative estimate of drug-likeness (QED) is 0.435. The Labute approximate surface area is 168 Å². The number of imidazole rings is 1. The van der Waals surface area contributed by atoms with Crippen LogP contribution < -0.4 is 0 Å². The van der Waals surface area contributed by atoms with Gasteiger partial charge >= 0.3 is 5.97 Å². The monoisotopic (exact) mass is 441 g/mol. The van der Waals surface area contributed by atoms with E-state index in [4.69, 9.17) is 4.98 Å². The number of hydrogen-bond acceptors (Lipinski definition) is 4. The molecular formula is C20H16BrN3O2S. The van der Waals surface area contributed by atoms with E-state index >= 15 is 0 Å². The van der Waals surface area contributed by atoms with Crippen molar-refractivity contribution in [3.8, 4) is 5.69 Å². The molecule has 0 aliphatic heterocycles. The summed E-state index contributed by atoms with van der Waals surface area (Å²) in [5.41, 5.74) is 2.56. The Morgan fingerprint density at radius 2 is 1.89 bits per heavy atom. The van der Waals surface area contributed by atoms with Gasteiger partial charge in [0.2, 0.25) is 0 Å². The first kappa shape index (κ1) is 18.0. The number of halogens is 1. The highest BCUT2D eigenvalue weighted by atomic mass is 79.9. The predicted molar refractivity (Wildman–Crippen MR) is 112 cm³/mol. The molecule has 2 aromatic carbocycles. The van der Waals surface area contributed by atoms with E-state index in [1.165, 1.54) is 11.8 Å². The van der Waals surface area contributed by atoms with E-state index in [1.807, 2.05) is 41.0 Å². The lowest BCUT2D eigenvalue weighted by Gasteiger charge is -2.19. The number of aliphatic carboxylic acids is 1. The summed E-state index contributed by atoms with van der Waals surface area (Å²) < 4.78 is 1.98. The summed E-state index contributed by atoms with van der Waals surface area (Å²) in [6, 6.07) is 13.9. The van der Waals surface area contributed by atoms with E-state index in [0.29, 0.717) is 5.16 Å². The maximum Gasteiger partial charge on any atom is 0.319 e. The van der Waals surface area contributed by atoms with Gasteiger partial charge in [-0.3, -0.25) is 14.3 Å². The first-order valence-electron chi connectivity index (χ1n) is 8.31. The summed E-state index contributed by atoms with van der Waals surface area (Å²) >= 11 is 4.84. The summed E-state index contributed by atoms with van der Waals surface area (Å²) in [7, 11) is 0. The molecule has 4 rings (SSSR count). The van der Waals surface area contributed by atoms with Crippen LogP contribution in [0.3, 0.4) is 0 Å². The maximum absolute atomic E-state index is 11.7. The van der Waals surface area contributed by atoms with Gasteiger partial charge < -0.3 is 5.11 Å². The second kappa shape index (κ2) is 6.65. The van der Waals surface area contributed by atoms with E-state index < -0.39 is 10.7 Å². The van der Waals surface area contributed by atoms with Crippen LogP contribution in [0.1, 0.15) is 13.8 Å². The molecule has 136 valence electrons. The van der Waals surface area contributed by atoms with Crippen molar-refractivity contribution in [3.63, 3.8) is 0 Å². The smallest absolute Gasteiger partial charge is 0.319 e. The molecule has 0 saturated heterocycles. The summed E-state index contributed by atoms with van der Waals surface area (Å²) in [4.78, 5) is 20.6. The molecule has 0 bridgehead atoms. The number of thioether (sulfide) groups is 1. The molecular weight excluding hydrogens is 426 g/mol. The van der Waals surface area contributed by atoms with E-state index in [9.17, 15) is 9.90 Å². The van der Waals surface area contributed by atoms with Crippen LogP contribution >= 0.6 is 27.7 Å². The molecule has 2 aromatic heterocycles. The number of benzene rings is 2. The highest BCUT2D eigenvalue weighted by Gasteiger charge is 2.31. The molecule has 0 spiro atoms. The van der Waals surface area contributed by atoms with E-state index in [1.54, 1.807) is 26.2 Å². The fourth-order valence-corrected chi connectivity index (χ4v) is 4.37. The predicted octanol–water partition coefficient (Wildman–Crippen LogP) is 5.29. The fourth-order valence-electron chi connectivity index (χ4n) is 2.92. The third-order valence-corrected chi connectivity index (χ3v) is 6.21. The van der Waals surface area contributed by atoms with Crippen LogP contribution in [0.4, 0.5) is 0 Å². The Balaban J connectivity index is 2.03. The molecule has 0 amide bonds.